The maximum Gasteiger partial charge on any atom is 0.246 e. The number of ether oxygens (including phenoxy) is 2. The Morgan fingerprint density at radius 3 is 2.72 bits per heavy atom. The minimum atomic E-state index is 0.428. The molecule has 1 saturated heterocycles. The van der Waals surface area contributed by atoms with Crippen molar-refractivity contribution in [2.75, 3.05) is 51.7 Å². The van der Waals surface area contributed by atoms with E-state index in [1.54, 1.807) is 6.20 Å². The van der Waals surface area contributed by atoms with Crippen molar-refractivity contribution in [2.45, 2.75) is 20.0 Å². The Kier molecular flexibility index (Phi) is 7.53. The molecule has 0 aliphatic carbocycles. The first kappa shape index (κ1) is 24.0. The molecule has 3 aromatic heterocycles. The lowest BCUT2D eigenvalue weighted by Crippen LogP contribution is -2.45. The highest BCUT2D eigenvalue weighted by Crippen LogP contribution is 2.31. The van der Waals surface area contributed by atoms with Gasteiger partial charge in [0.25, 0.3) is 0 Å². The zero-order chi connectivity index (χ0) is 24.7. The Labute approximate surface area is 210 Å². The second-order valence-electron chi connectivity index (χ2n) is 8.88. The van der Waals surface area contributed by atoms with Crippen LogP contribution in [0.15, 0.2) is 48.9 Å². The topological polar surface area (TPSA) is 104 Å². The van der Waals surface area contributed by atoms with Gasteiger partial charge in [-0.15, -0.1) is 5.10 Å². The third kappa shape index (κ3) is 5.72. The number of likely N-dealkylation sites (N-methyl/N-ethyl adjacent to an activating group) is 1. The second kappa shape index (κ2) is 11.3. The van der Waals surface area contributed by atoms with E-state index in [1.807, 2.05) is 30.3 Å². The van der Waals surface area contributed by atoms with Gasteiger partial charge in [-0.1, -0.05) is 13.0 Å². The number of nitrogens with zero attached hydrogens (tertiary/aromatic N) is 6. The number of piperazine rings is 1. The molecule has 4 aromatic rings. The van der Waals surface area contributed by atoms with E-state index >= 15 is 0 Å². The van der Waals surface area contributed by atoms with Gasteiger partial charge in [-0.2, -0.15) is 0 Å². The molecule has 0 saturated carbocycles. The number of aromatic nitrogens is 5. The number of fused-ring (bicyclic) bond motifs is 1. The van der Waals surface area contributed by atoms with Crippen molar-refractivity contribution < 1.29 is 9.47 Å². The fourth-order valence-corrected chi connectivity index (χ4v) is 4.22. The van der Waals surface area contributed by atoms with Crippen molar-refractivity contribution >= 4 is 22.5 Å². The van der Waals surface area contributed by atoms with E-state index < -0.39 is 0 Å². The predicted octanol–water partition coefficient (Wildman–Crippen LogP) is 3.26. The van der Waals surface area contributed by atoms with Gasteiger partial charge >= 0.3 is 0 Å². The fourth-order valence-electron chi connectivity index (χ4n) is 4.22. The number of anilines is 2. The zero-order valence-electron chi connectivity index (χ0n) is 20.8. The number of nitrogens with one attached hydrogen (secondary N) is 2. The molecular formula is C26H32N8O2. The van der Waals surface area contributed by atoms with Crippen LogP contribution in [-0.2, 0) is 13.0 Å². The standard InChI is InChI=1S/C26H32N8O2/c1-3-19-16-20(7-8-22(19)36-17-21-6-4-5-9-27-21)30-24-23-25(29-18-28-24)31-32-26(23)35-15-14-34-12-10-33(2)11-13-34/h4-9,16,18H,3,10-15,17H2,1-2H3,(H2,28,29,30,31,32). The number of H-pyrrole nitrogens is 1. The Morgan fingerprint density at radius 1 is 1.03 bits per heavy atom. The summed E-state index contributed by atoms with van der Waals surface area (Å²) in [6.07, 6.45) is 4.12. The number of aryl methyl sites for hydroxylation is 1. The summed E-state index contributed by atoms with van der Waals surface area (Å²) in [4.78, 5) is 17.9. The first-order valence-corrected chi connectivity index (χ1v) is 12.3. The summed E-state index contributed by atoms with van der Waals surface area (Å²) in [6, 6.07) is 11.9. The van der Waals surface area contributed by atoms with Gasteiger partial charge in [-0.05, 0) is 49.4 Å². The Morgan fingerprint density at radius 2 is 1.92 bits per heavy atom. The van der Waals surface area contributed by atoms with Crippen molar-refractivity contribution in [2.24, 2.45) is 0 Å². The van der Waals surface area contributed by atoms with Crippen LogP contribution in [0, 0.1) is 0 Å². The summed E-state index contributed by atoms with van der Waals surface area (Å²) in [5.74, 6) is 2.00. The maximum absolute atomic E-state index is 6.06. The van der Waals surface area contributed by atoms with E-state index in [4.69, 9.17) is 9.47 Å². The summed E-state index contributed by atoms with van der Waals surface area (Å²) in [5.41, 5.74) is 3.53. The van der Waals surface area contributed by atoms with Crippen molar-refractivity contribution in [3.8, 4) is 11.6 Å². The molecule has 2 N–H and O–H groups in total. The Balaban J connectivity index is 1.27. The molecule has 0 amide bonds. The van der Waals surface area contributed by atoms with Crippen molar-refractivity contribution in [1.82, 2.24) is 34.9 Å². The van der Waals surface area contributed by atoms with Gasteiger partial charge in [-0.3, -0.25) is 15.0 Å². The highest BCUT2D eigenvalue weighted by molar-refractivity contribution is 5.92. The largest absolute Gasteiger partial charge is 0.487 e. The summed E-state index contributed by atoms with van der Waals surface area (Å²) in [6.45, 7) is 8.23. The van der Waals surface area contributed by atoms with Crippen molar-refractivity contribution in [3.63, 3.8) is 0 Å². The molecule has 188 valence electrons. The quantitative estimate of drug-likeness (QED) is 0.348. The van der Waals surface area contributed by atoms with E-state index in [9.17, 15) is 0 Å². The Bertz CT molecular complexity index is 1270. The van der Waals surface area contributed by atoms with Gasteiger partial charge in [0.05, 0.1) is 5.69 Å². The van der Waals surface area contributed by atoms with Crippen molar-refractivity contribution in [1.29, 1.82) is 0 Å². The van der Waals surface area contributed by atoms with Crippen LogP contribution in [0.3, 0.4) is 0 Å². The number of aromatic amines is 1. The zero-order valence-corrected chi connectivity index (χ0v) is 20.8. The lowest BCUT2D eigenvalue weighted by atomic mass is 10.1. The minimum absolute atomic E-state index is 0.428. The molecule has 0 atom stereocenters. The van der Waals surface area contributed by atoms with Gasteiger partial charge in [0.2, 0.25) is 5.88 Å². The van der Waals surface area contributed by atoms with E-state index in [2.05, 4.69) is 60.3 Å². The maximum atomic E-state index is 6.06. The second-order valence-corrected chi connectivity index (χ2v) is 8.88. The third-order valence-corrected chi connectivity index (χ3v) is 6.37. The molecule has 0 spiro atoms. The third-order valence-electron chi connectivity index (χ3n) is 6.37. The molecular weight excluding hydrogens is 456 g/mol. The molecule has 0 unspecified atom stereocenters. The normalized spacial score (nSPS) is 14.7. The number of hydrogen-bond donors (Lipinski definition) is 2. The SMILES string of the molecule is CCc1cc(Nc2ncnc3[nH]nc(OCCN4CCN(C)CC4)c23)ccc1OCc1ccccn1. The van der Waals surface area contributed by atoms with Crippen LogP contribution < -0.4 is 14.8 Å². The average Bonchev–Trinajstić information content (AvgIpc) is 3.33. The monoisotopic (exact) mass is 488 g/mol. The lowest BCUT2D eigenvalue weighted by Gasteiger charge is -2.32. The lowest BCUT2D eigenvalue weighted by molar-refractivity contribution is 0.133. The van der Waals surface area contributed by atoms with E-state index in [0.717, 1.165) is 67.2 Å². The van der Waals surface area contributed by atoms with E-state index in [0.29, 0.717) is 30.6 Å². The van der Waals surface area contributed by atoms with E-state index in [1.165, 1.54) is 6.33 Å². The first-order chi connectivity index (χ1) is 17.7. The average molecular weight is 489 g/mol. The molecule has 36 heavy (non-hydrogen) atoms. The molecule has 4 heterocycles. The van der Waals surface area contributed by atoms with Crippen LogP contribution in [0.4, 0.5) is 11.5 Å². The van der Waals surface area contributed by atoms with Gasteiger partial charge in [0.15, 0.2) is 5.65 Å². The number of benzene rings is 1. The van der Waals surface area contributed by atoms with Gasteiger partial charge in [0, 0.05) is 44.6 Å². The van der Waals surface area contributed by atoms with Crippen LogP contribution >= 0.6 is 0 Å². The molecule has 0 bridgehead atoms. The molecule has 5 rings (SSSR count). The predicted molar refractivity (Wildman–Crippen MR) is 139 cm³/mol. The smallest absolute Gasteiger partial charge is 0.246 e. The molecule has 1 fully saturated rings. The van der Waals surface area contributed by atoms with Crippen LogP contribution in [0.1, 0.15) is 18.2 Å². The van der Waals surface area contributed by atoms with Gasteiger partial charge in [-0.25, -0.2) is 9.97 Å². The van der Waals surface area contributed by atoms with Gasteiger partial charge < -0.3 is 19.7 Å². The number of hydrogen-bond acceptors (Lipinski definition) is 9. The first-order valence-electron chi connectivity index (χ1n) is 12.3. The molecule has 1 aliphatic heterocycles. The summed E-state index contributed by atoms with van der Waals surface area (Å²) in [5, 5.41) is 11.5. The number of rotatable bonds is 10. The summed E-state index contributed by atoms with van der Waals surface area (Å²) in [7, 11) is 2.16. The molecule has 10 heteroatoms. The number of pyridine rings is 1. The highest BCUT2D eigenvalue weighted by atomic mass is 16.5. The molecule has 10 nitrogen and oxygen atoms in total. The van der Waals surface area contributed by atoms with Crippen molar-refractivity contribution in [3.05, 3.63) is 60.2 Å². The molecule has 1 aromatic carbocycles. The summed E-state index contributed by atoms with van der Waals surface area (Å²) >= 11 is 0. The Hall–Kier alpha value is -3.76. The fraction of sp³-hybridized carbons (Fsp3) is 0.385. The molecule has 1 aliphatic rings. The molecule has 0 radical (unpaired) electrons. The van der Waals surface area contributed by atoms with Crippen LogP contribution in [-0.4, -0.2) is 81.3 Å². The van der Waals surface area contributed by atoms with Crippen LogP contribution in [0.5, 0.6) is 11.6 Å². The minimum Gasteiger partial charge on any atom is -0.487 e. The summed E-state index contributed by atoms with van der Waals surface area (Å²) < 4.78 is 12.1. The van der Waals surface area contributed by atoms with Gasteiger partial charge in [0.1, 0.15) is 36.5 Å². The highest BCUT2D eigenvalue weighted by Gasteiger charge is 2.17. The van der Waals surface area contributed by atoms with Crippen LogP contribution in [0.2, 0.25) is 0 Å². The van der Waals surface area contributed by atoms with E-state index in [-0.39, 0.29) is 0 Å². The van der Waals surface area contributed by atoms with Crippen LogP contribution in [0.25, 0.3) is 11.0 Å².